The molecule has 3 aliphatic rings. The molecule has 3 rings (SSSR count). The van der Waals surface area contributed by atoms with Gasteiger partial charge in [0.25, 0.3) is 0 Å². The number of hydrogen-bond acceptors (Lipinski definition) is 4. The van der Waals surface area contributed by atoms with Crippen molar-refractivity contribution in [2.24, 2.45) is 11.3 Å². The van der Waals surface area contributed by atoms with Gasteiger partial charge in [-0.25, -0.2) is 8.42 Å². The van der Waals surface area contributed by atoms with Crippen molar-refractivity contribution in [1.82, 2.24) is 9.21 Å². The van der Waals surface area contributed by atoms with Crippen molar-refractivity contribution >= 4 is 15.9 Å². The van der Waals surface area contributed by atoms with Crippen LogP contribution in [0.25, 0.3) is 0 Å². The van der Waals surface area contributed by atoms with Gasteiger partial charge in [0.2, 0.25) is 15.9 Å². The van der Waals surface area contributed by atoms with E-state index in [2.05, 4.69) is 6.07 Å². The van der Waals surface area contributed by atoms with Gasteiger partial charge in [0.15, 0.2) is 0 Å². The molecular formula is C14H21N3O3S. The molecule has 0 aromatic carbocycles. The number of rotatable bonds is 2. The maximum Gasteiger partial charge on any atom is 0.243 e. The number of nitrogens with zero attached hydrogens (tertiary/aromatic N) is 3. The van der Waals surface area contributed by atoms with Crippen molar-refractivity contribution < 1.29 is 13.2 Å². The molecule has 1 amide bonds. The molecule has 3 fully saturated rings. The molecular weight excluding hydrogens is 290 g/mol. The highest BCUT2D eigenvalue weighted by Gasteiger charge is 2.51. The first-order valence-corrected chi connectivity index (χ1v) is 9.40. The second kappa shape index (κ2) is 4.96. The zero-order valence-electron chi connectivity index (χ0n) is 12.3. The van der Waals surface area contributed by atoms with Gasteiger partial charge in [0, 0.05) is 25.7 Å². The third-order valence-corrected chi connectivity index (χ3v) is 6.56. The van der Waals surface area contributed by atoms with E-state index in [4.69, 9.17) is 0 Å². The Bertz CT molecular complexity index is 589. The lowest BCUT2D eigenvalue weighted by atomic mass is 9.86. The van der Waals surface area contributed by atoms with Crippen LogP contribution >= 0.6 is 0 Å². The average molecular weight is 311 g/mol. The fourth-order valence-electron chi connectivity index (χ4n) is 4.07. The van der Waals surface area contributed by atoms with E-state index in [1.807, 2.05) is 0 Å². The molecule has 0 spiro atoms. The maximum atomic E-state index is 12.8. The number of fused-ring (bicyclic) bond motifs is 1. The summed E-state index contributed by atoms with van der Waals surface area (Å²) in [6, 6.07) is 2.21. The first-order chi connectivity index (χ1) is 9.87. The minimum absolute atomic E-state index is 0.0435. The molecule has 6 nitrogen and oxygen atoms in total. The summed E-state index contributed by atoms with van der Waals surface area (Å²) in [5.74, 6) is 0.158. The Morgan fingerprint density at radius 2 is 1.95 bits per heavy atom. The Kier molecular flexibility index (Phi) is 3.49. The third-order valence-electron chi connectivity index (χ3n) is 5.32. The van der Waals surface area contributed by atoms with Crippen molar-refractivity contribution in [2.75, 3.05) is 25.9 Å². The van der Waals surface area contributed by atoms with Crippen molar-refractivity contribution in [2.45, 2.75) is 38.1 Å². The van der Waals surface area contributed by atoms with Crippen molar-refractivity contribution in [1.29, 1.82) is 5.26 Å². The van der Waals surface area contributed by atoms with Gasteiger partial charge in [-0.2, -0.15) is 9.57 Å². The maximum absolute atomic E-state index is 12.8. The fraction of sp³-hybridized carbons (Fsp3) is 0.857. The van der Waals surface area contributed by atoms with Gasteiger partial charge >= 0.3 is 0 Å². The van der Waals surface area contributed by atoms with E-state index in [0.717, 1.165) is 19.3 Å². The quantitative estimate of drug-likeness (QED) is 0.746. The Hall–Kier alpha value is -1.13. The largest absolute Gasteiger partial charge is 0.337 e. The van der Waals surface area contributed by atoms with Gasteiger partial charge in [-0.3, -0.25) is 4.79 Å². The summed E-state index contributed by atoms with van der Waals surface area (Å²) in [4.78, 5) is 14.6. The summed E-state index contributed by atoms with van der Waals surface area (Å²) >= 11 is 0. The molecule has 1 saturated carbocycles. The molecule has 0 bridgehead atoms. The van der Waals surface area contributed by atoms with Crippen LogP contribution in [0, 0.1) is 22.7 Å². The van der Waals surface area contributed by atoms with E-state index in [0.29, 0.717) is 32.5 Å². The summed E-state index contributed by atoms with van der Waals surface area (Å²) in [7, 11) is -3.20. The minimum atomic E-state index is -3.20. The first kappa shape index (κ1) is 14.8. The summed E-state index contributed by atoms with van der Waals surface area (Å²) < 4.78 is 24.8. The lowest BCUT2D eigenvalue weighted by molar-refractivity contribution is -0.139. The summed E-state index contributed by atoms with van der Waals surface area (Å²) in [6.07, 6.45) is 5.20. The fourth-order valence-corrected chi connectivity index (χ4v) is 4.96. The van der Waals surface area contributed by atoms with Gasteiger partial charge in [0.05, 0.1) is 12.3 Å². The monoisotopic (exact) mass is 311 g/mol. The van der Waals surface area contributed by atoms with Crippen LogP contribution in [-0.2, 0) is 14.8 Å². The molecule has 0 aromatic heterocycles. The van der Waals surface area contributed by atoms with Crippen LogP contribution in [0.5, 0.6) is 0 Å². The van der Waals surface area contributed by atoms with Crippen LogP contribution in [0.15, 0.2) is 0 Å². The van der Waals surface area contributed by atoms with Gasteiger partial charge in [-0.1, -0.05) is 12.8 Å². The number of likely N-dealkylation sites (tertiary alicyclic amines) is 1. The molecule has 116 valence electrons. The third kappa shape index (κ3) is 2.34. The molecule has 2 aliphatic heterocycles. The van der Waals surface area contributed by atoms with Crippen LogP contribution in [-0.4, -0.2) is 55.5 Å². The van der Waals surface area contributed by atoms with Crippen LogP contribution in [0.2, 0.25) is 0 Å². The van der Waals surface area contributed by atoms with E-state index in [1.54, 1.807) is 4.90 Å². The molecule has 7 heteroatoms. The summed E-state index contributed by atoms with van der Waals surface area (Å²) in [5.41, 5.74) is -0.854. The van der Waals surface area contributed by atoms with Crippen LogP contribution in [0.1, 0.15) is 32.1 Å². The predicted molar refractivity (Wildman–Crippen MR) is 76.5 cm³/mol. The summed E-state index contributed by atoms with van der Waals surface area (Å²) in [5, 5.41) is 9.47. The van der Waals surface area contributed by atoms with Gasteiger partial charge in [0.1, 0.15) is 5.41 Å². The SMILES string of the molecule is CS(=O)(=O)N1C[C@@H]2CCN(C(=O)C3(C#N)CCCC3)[C@@H]2C1. The number of hydrogen-bond donors (Lipinski definition) is 0. The van der Waals surface area contributed by atoms with Gasteiger partial charge in [-0.15, -0.1) is 0 Å². The van der Waals surface area contributed by atoms with Crippen LogP contribution < -0.4 is 0 Å². The Labute approximate surface area is 125 Å². The topological polar surface area (TPSA) is 81.5 Å². The highest BCUT2D eigenvalue weighted by Crippen LogP contribution is 2.42. The smallest absolute Gasteiger partial charge is 0.243 e. The molecule has 0 radical (unpaired) electrons. The highest BCUT2D eigenvalue weighted by atomic mass is 32.2. The second-order valence-electron chi connectivity index (χ2n) is 6.60. The minimum Gasteiger partial charge on any atom is -0.337 e. The zero-order chi connectivity index (χ0) is 15.3. The van der Waals surface area contributed by atoms with Gasteiger partial charge < -0.3 is 4.90 Å². The van der Waals surface area contributed by atoms with E-state index in [1.165, 1.54) is 10.6 Å². The zero-order valence-corrected chi connectivity index (χ0v) is 13.1. The lowest BCUT2D eigenvalue weighted by Gasteiger charge is -2.31. The van der Waals surface area contributed by atoms with Crippen LogP contribution in [0.4, 0.5) is 0 Å². The number of amides is 1. The molecule has 2 atom stereocenters. The number of carbonyl (C=O) groups excluding carboxylic acids is 1. The first-order valence-electron chi connectivity index (χ1n) is 7.55. The Balaban J connectivity index is 1.79. The van der Waals surface area contributed by atoms with E-state index in [9.17, 15) is 18.5 Å². The lowest BCUT2D eigenvalue weighted by Crippen LogP contribution is -2.47. The molecule has 0 N–H and O–H groups in total. The van der Waals surface area contributed by atoms with Gasteiger partial charge in [-0.05, 0) is 25.2 Å². The van der Waals surface area contributed by atoms with E-state index >= 15 is 0 Å². The second-order valence-corrected chi connectivity index (χ2v) is 8.58. The van der Waals surface area contributed by atoms with E-state index < -0.39 is 15.4 Å². The number of carbonyl (C=O) groups is 1. The standard InChI is InChI=1S/C14H21N3O3S/c1-21(19,20)16-8-11-4-7-17(12(11)9-16)13(18)14(10-15)5-2-3-6-14/h11-12H,2-9H2,1H3/t11-,12+/m0/s1. The molecule has 21 heavy (non-hydrogen) atoms. The number of sulfonamides is 1. The molecule has 2 heterocycles. The van der Waals surface area contributed by atoms with Crippen molar-refractivity contribution in [3.05, 3.63) is 0 Å². The van der Waals surface area contributed by atoms with Crippen molar-refractivity contribution in [3.63, 3.8) is 0 Å². The van der Waals surface area contributed by atoms with Crippen molar-refractivity contribution in [3.8, 4) is 6.07 Å². The highest BCUT2D eigenvalue weighted by molar-refractivity contribution is 7.88. The molecule has 1 aliphatic carbocycles. The predicted octanol–water partition coefficient (Wildman–Crippen LogP) is 0.563. The average Bonchev–Trinajstić information content (AvgIpc) is 3.12. The molecule has 0 unspecified atom stereocenters. The Morgan fingerprint density at radius 3 is 2.52 bits per heavy atom. The van der Waals surface area contributed by atoms with E-state index in [-0.39, 0.29) is 17.9 Å². The normalized spacial score (nSPS) is 32.1. The Morgan fingerprint density at radius 1 is 1.29 bits per heavy atom. The summed E-state index contributed by atoms with van der Waals surface area (Å²) in [6.45, 7) is 1.55. The molecule has 2 saturated heterocycles. The molecule has 0 aromatic rings. The number of nitriles is 1. The van der Waals surface area contributed by atoms with Crippen LogP contribution in [0.3, 0.4) is 0 Å².